The van der Waals surface area contributed by atoms with E-state index in [0.29, 0.717) is 12.1 Å². The Morgan fingerprint density at radius 1 is 0.542 bits per heavy atom. The van der Waals surface area contributed by atoms with Crippen molar-refractivity contribution in [1.29, 1.82) is 0 Å². The Hall–Kier alpha value is -10.5. The van der Waals surface area contributed by atoms with Crippen molar-refractivity contribution < 1.29 is 88.6 Å². The van der Waals surface area contributed by atoms with Gasteiger partial charge in [-0.05, 0) is 125 Å². The predicted molar refractivity (Wildman–Crippen MR) is 345 cm³/mol. The number of unbranched alkanes of at least 4 members (excludes halogenated alkanes) is 6. The molecule has 7 aromatic carbocycles. The van der Waals surface area contributed by atoms with Gasteiger partial charge in [0.05, 0.1) is 15.6 Å². The monoisotopic (exact) mass is 1350 g/mol. The average Bonchev–Trinajstić information content (AvgIpc) is 0.766. The zero-order valence-corrected chi connectivity index (χ0v) is 52.6. The minimum Gasteiger partial charge on any atom is -0.508 e. The fraction of sp³-hybridized carbons (Fsp3) is 0.279. The fourth-order valence-electron chi connectivity index (χ4n) is 11.9. The first-order valence-electron chi connectivity index (χ1n) is 30.7. The van der Waals surface area contributed by atoms with E-state index in [9.17, 15) is 60.0 Å². The molecule has 500 valence electrons. The number of hydrogen-bond acceptors (Lipinski definition) is 19. The number of carbonyl (C=O) groups excluding carboxylic acids is 6. The SMILES string of the molecule is CCCCCCCCCNCc1c(O)cc2c(c1O)-c1cc(ccc1O)[C@@H]1NC(=O)[C@H]3NC(=O)[C@H]4NC(=O)[C@H](Cc5ccc(c(Cl)c5)Oc5cc3cc(c5O)Oc3ccc(cc3Cl)C(O)[C@H](NC1=O)C(=O)N[C@@H]2C(=O)O)NC(=O)[C@@H](N)c1ccc(O)c(c1)Oc1cc(O)cc4c1. The minimum atomic E-state index is -2.21. The molecule has 8 atom stereocenters. The number of nitrogens with one attached hydrogen (secondary N) is 7. The van der Waals surface area contributed by atoms with Crippen molar-refractivity contribution in [2.75, 3.05) is 6.54 Å². The first-order chi connectivity index (χ1) is 45.9. The van der Waals surface area contributed by atoms with Crippen LogP contribution in [0.3, 0.4) is 0 Å². The van der Waals surface area contributed by atoms with Gasteiger partial charge in [-0.25, -0.2) is 4.79 Å². The normalized spacial score (nSPS) is 20.9. The molecular formula is C68H66Cl2N8O18. The number of aliphatic hydroxyl groups excluding tert-OH is 1. The number of fused-ring (bicyclic) bond motifs is 14. The highest BCUT2D eigenvalue weighted by Gasteiger charge is 2.42. The van der Waals surface area contributed by atoms with Gasteiger partial charge in [0, 0.05) is 35.7 Å². The lowest BCUT2D eigenvalue weighted by Crippen LogP contribution is -2.55. The molecule has 6 aliphatic rings. The number of amides is 6. The summed E-state index contributed by atoms with van der Waals surface area (Å²) in [4.78, 5) is 105. The molecular weight excluding hydrogens is 1290 g/mol. The third-order valence-electron chi connectivity index (χ3n) is 17.0. The molecule has 0 aliphatic carbocycles. The van der Waals surface area contributed by atoms with Gasteiger partial charge in [0.2, 0.25) is 41.2 Å². The Kier molecular flexibility index (Phi) is 19.7. The van der Waals surface area contributed by atoms with Crippen LogP contribution in [0.5, 0.6) is 69.0 Å². The lowest BCUT2D eigenvalue weighted by Gasteiger charge is -2.31. The van der Waals surface area contributed by atoms with E-state index in [2.05, 4.69) is 44.1 Å². The Balaban J connectivity index is 1.10. The molecule has 6 aliphatic heterocycles. The maximum atomic E-state index is 15.9. The number of rotatable bonds is 11. The summed E-state index contributed by atoms with van der Waals surface area (Å²) in [7, 11) is 0. The molecule has 0 radical (unpaired) electrons. The minimum absolute atomic E-state index is 0.121. The molecule has 0 saturated heterocycles. The second kappa shape index (κ2) is 28.2. The highest BCUT2D eigenvalue weighted by Crippen LogP contribution is 2.49. The first-order valence-corrected chi connectivity index (χ1v) is 31.5. The number of ether oxygens (including phenoxy) is 3. The Labute approximate surface area is 557 Å². The number of nitrogens with two attached hydrogens (primary N) is 1. The third-order valence-corrected chi connectivity index (χ3v) is 17.6. The number of hydrogen-bond donors (Lipinski definition) is 16. The van der Waals surface area contributed by atoms with Gasteiger partial charge in [-0.1, -0.05) is 92.9 Å². The first kappa shape index (κ1) is 66.9. The maximum absolute atomic E-state index is 15.9. The van der Waals surface area contributed by atoms with Gasteiger partial charge in [0.1, 0.15) is 82.6 Å². The summed E-state index contributed by atoms with van der Waals surface area (Å²) in [5.74, 6) is -14.7. The topological polar surface area (TPSA) is 419 Å². The summed E-state index contributed by atoms with van der Waals surface area (Å²) >= 11 is 13.8. The molecule has 17 bridgehead atoms. The molecule has 1 unspecified atom stereocenters. The van der Waals surface area contributed by atoms with Gasteiger partial charge in [-0.2, -0.15) is 0 Å². The van der Waals surface area contributed by atoms with Crippen LogP contribution in [0.1, 0.15) is 133 Å². The van der Waals surface area contributed by atoms with E-state index in [1.165, 1.54) is 54.6 Å². The van der Waals surface area contributed by atoms with E-state index in [4.69, 9.17) is 43.1 Å². The van der Waals surface area contributed by atoms with E-state index in [1.54, 1.807) is 0 Å². The van der Waals surface area contributed by atoms with E-state index >= 15 is 14.4 Å². The lowest BCUT2D eigenvalue weighted by molar-refractivity contribution is -0.143. The van der Waals surface area contributed by atoms with Crippen molar-refractivity contribution in [2.45, 2.75) is 113 Å². The van der Waals surface area contributed by atoms with Crippen molar-refractivity contribution >= 4 is 64.6 Å². The van der Waals surface area contributed by atoms with Crippen molar-refractivity contribution in [2.24, 2.45) is 5.73 Å². The van der Waals surface area contributed by atoms with Gasteiger partial charge in [-0.15, -0.1) is 0 Å². The molecule has 6 heterocycles. The second-order valence-electron chi connectivity index (χ2n) is 23.7. The van der Waals surface area contributed by atoms with Crippen LogP contribution in [0.15, 0.2) is 109 Å². The molecule has 0 saturated carbocycles. The number of carboxylic acids is 1. The molecule has 0 fully saturated rings. The smallest absolute Gasteiger partial charge is 0.330 e. The van der Waals surface area contributed by atoms with Crippen LogP contribution in [-0.4, -0.2) is 101 Å². The zero-order valence-electron chi connectivity index (χ0n) is 51.1. The number of phenolic OH excluding ortho intramolecular Hbond substituents is 6. The predicted octanol–water partition coefficient (Wildman–Crippen LogP) is 7.83. The largest absolute Gasteiger partial charge is 0.508 e. The molecule has 0 spiro atoms. The van der Waals surface area contributed by atoms with Crippen LogP contribution in [0.2, 0.25) is 10.0 Å². The van der Waals surface area contributed by atoms with E-state index in [1.807, 2.05) is 0 Å². The number of aromatic hydroxyl groups is 6. The quantitative estimate of drug-likeness (QED) is 0.0548. The van der Waals surface area contributed by atoms with E-state index in [0.717, 1.165) is 99.5 Å². The molecule has 17 N–H and O–H groups in total. The van der Waals surface area contributed by atoms with E-state index < -0.39 is 147 Å². The maximum Gasteiger partial charge on any atom is 0.330 e. The summed E-state index contributed by atoms with van der Waals surface area (Å²) in [5.41, 5.74) is 4.38. The van der Waals surface area contributed by atoms with Gasteiger partial charge in [-0.3, -0.25) is 28.8 Å². The Bertz CT molecular complexity index is 4290. The molecule has 26 nitrogen and oxygen atoms in total. The fourth-order valence-corrected chi connectivity index (χ4v) is 12.4. The summed E-state index contributed by atoms with van der Waals surface area (Å²) in [5, 5.41) is 111. The number of aliphatic hydroxyl groups is 1. The molecule has 7 aromatic rings. The molecule has 13 rings (SSSR count). The van der Waals surface area contributed by atoms with Gasteiger partial charge >= 0.3 is 5.97 Å². The Morgan fingerprint density at radius 2 is 1.14 bits per heavy atom. The molecule has 6 amide bonds. The van der Waals surface area contributed by atoms with Crippen molar-refractivity contribution in [3.05, 3.63) is 164 Å². The van der Waals surface area contributed by atoms with Crippen molar-refractivity contribution in [3.63, 3.8) is 0 Å². The number of benzene rings is 7. The van der Waals surface area contributed by atoms with Crippen LogP contribution >= 0.6 is 23.2 Å². The summed E-state index contributed by atoms with van der Waals surface area (Å²) in [6, 6.07) is 7.63. The lowest BCUT2D eigenvalue weighted by atomic mass is 9.88. The second-order valence-corrected chi connectivity index (χ2v) is 24.5. The van der Waals surface area contributed by atoms with Crippen LogP contribution in [0.25, 0.3) is 11.1 Å². The number of carboxylic acid groups (broad SMARTS) is 1. The number of aliphatic carboxylic acids is 1. The summed E-state index contributed by atoms with van der Waals surface area (Å²) in [6.45, 7) is 2.36. The van der Waals surface area contributed by atoms with Gasteiger partial charge in [0.15, 0.2) is 29.0 Å². The summed E-state index contributed by atoms with van der Waals surface area (Å²) < 4.78 is 18.5. The molecule has 28 heteroatoms. The Morgan fingerprint density at radius 3 is 1.81 bits per heavy atom. The standard InChI is InChI=1S/C68H66Cl2N8O18/c1-2-3-4-5-6-7-8-17-72-29-40-46(82)28-39-52(60(40)84)38-22-32(11-13-44(38)80)54-64(88)78-58(67(91)77-57(39)68(92)93)59(83)33-12-16-48(42(70)23-33)96-51-26-35-25-50(61(51)85)95-47-15-9-30(18-41(47)69)19-43-62(86)74-55(65(89)76-56(35)66(90)75-54)34-20-36(79)27-37(21-34)94-49-24-31(10-14-45(49)81)53(71)63(87)73-43/h9-16,18,20-28,43,53-59,72,79-85H,2-8,17,19,29,71H2,1H3,(H,73,87)(H,74,86)(H,75,90)(H,76,89)(H,77,91)(H,78,88)(H,92,93)/t43-,53-,54-,55-,56-,57-,58-,59?/m0/s1. The molecule has 96 heavy (non-hydrogen) atoms. The average molecular weight is 1350 g/mol. The van der Waals surface area contributed by atoms with Crippen molar-refractivity contribution in [1.82, 2.24) is 37.2 Å². The zero-order chi connectivity index (χ0) is 68.4. The van der Waals surface area contributed by atoms with Gasteiger partial charge in [0.25, 0.3) is 0 Å². The highest BCUT2D eigenvalue weighted by atomic mass is 35.5. The molecule has 0 aromatic heterocycles. The number of halogens is 2. The van der Waals surface area contributed by atoms with Gasteiger partial charge < -0.3 is 98.0 Å². The number of carbonyl (C=O) groups is 7. The van der Waals surface area contributed by atoms with Crippen LogP contribution in [-0.2, 0) is 46.5 Å². The van der Waals surface area contributed by atoms with Crippen LogP contribution in [0, 0.1) is 0 Å². The van der Waals surface area contributed by atoms with Crippen molar-refractivity contribution in [3.8, 4) is 80.1 Å². The summed E-state index contributed by atoms with van der Waals surface area (Å²) in [6.07, 6.45) is 4.46. The van der Waals surface area contributed by atoms with Crippen LogP contribution in [0.4, 0.5) is 0 Å². The highest BCUT2D eigenvalue weighted by molar-refractivity contribution is 6.32. The van der Waals surface area contributed by atoms with Crippen LogP contribution < -0.4 is 57.2 Å². The third kappa shape index (κ3) is 14.1. The number of phenols is 6. The van der Waals surface area contributed by atoms with E-state index in [-0.39, 0.29) is 85.0 Å².